The third kappa shape index (κ3) is 2.31. The first-order valence-corrected chi connectivity index (χ1v) is 6.58. The smallest absolute Gasteiger partial charge is 0.250 e. The average molecular weight is 258 g/mol. The summed E-state index contributed by atoms with van der Waals surface area (Å²) in [5, 5.41) is 12.0. The van der Waals surface area contributed by atoms with Crippen LogP contribution in [0.5, 0.6) is 0 Å². The highest BCUT2D eigenvalue weighted by Crippen LogP contribution is 2.35. The van der Waals surface area contributed by atoms with Crippen LogP contribution in [0.1, 0.15) is 12.8 Å². The van der Waals surface area contributed by atoms with Crippen LogP contribution in [0.4, 0.5) is 5.95 Å². The minimum absolute atomic E-state index is 0.313. The lowest BCUT2D eigenvalue weighted by molar-refractivity contribution is 0.556. The van der Waals surface area contributed by atoms with E-state index in [1.165, 1.54) is 12.8 Å². The summed E-state index contributed by atoms with van der Waals surface area (Å²) in [6.45, 7) is 0.628. The molecule has 0 bridgehead atoms. The lowest BCUT2D eigenvalue weighted by Crippen LogP contribution is -2.41. The van der Waals surface area contributed by atoms with Crippen LogP contribution in [0.25, 0.3) is 5.69 Å². The average Bonchev–Trinajstić information content (AvgIpc) is 3.16. The maximum atomic E-state index is 5.89. The van der Waals surface area contributed by atoms with Gasteiger partial charge in [-0.2, -0.15) is 4.68 Å². The zero-order valence-electron chi connectivity index (χ0n) is 11.0. The number of likely N-dealkylation sites (N-methyl/N-ethyl adjacent to an activating group) is 1. The standard InChI is InChI=1S/C13H18N6/c1-18(12(9-14)10-7-8-10)13-15-16-17-19(13)11-5-3-2-4-6-11/h2-6,10,12H,7-9,14H2,1H3. The fraction of sp³-hybridized carbons (Fsp3) is 0.462. The van der Waals surface area contributed by atoms with E-state index in [9.17, 15) is 0 Å². The molecule has 1 saturated carbocycles. The number of hydrogen-bond acceptors (Lipinski definition) is 5. The third-order valence-electron chi connectivity index (χ3n) is 3.67. The van der Waals surface area contributed by atoms with Gasteiger partial charge in [-0.15, -0.1) is 0 Å². The maximum Gasteiger partial charge on any atom is 0.250 e. The topological polar surface area (TPSA) is 72.9 Å². The molecule has 0 saturated heterocycles. The first-order chi connectivity index (χ1) is 9.31. The number of hydrogen-bond donors (Lipinski definition) is 1. The Kier molecular flexibility index (Phi) is 3.16. The van der Waals surface area contributed by atoms with E-state index in [1.807, 2.05) is 37.4 Å². The normalized spacial score (nSPS) is 16.3. The van der Waals surface area contributed by atoms with Crippen LogP contribution in [-0.2, 0) is 0 Å². The first-order valence-electron chi connectivity index (χ1n) is 6.58. The summed E-state index contributed by atoms with van der Waals surface area (Å²) in [6.07, 6.45) is 2.50. The van der Waals surface area contributed by atoms with E-state index in [0.29, 0.717) is 18.5 Å². The number of rotatable bonds is 5. The quantitative estimate of drug-likeness (QED) is 0.860. The van der Waals surface area contributed by atoms with Gasteiger partial charge in [0.05, 0.1) is 5.69 Å². The second-order valence-corrected chi connectivity index (χ2v) is 4.98. The molecule has 6 heteroatoms. The van der Waals surface area contributed by atoms with Gasteiger partial charge >= 0.3 is 0 Å². The SMILES string of the molecule is CN(c1nnnn1-c1ccccc1)C(CN)C1CC1. The van der Waals surface area contributed by atoms with Crippen molar-refractivity contribution in [2.75, 3.05) is 18.5 Å². The Morgan fingerprint density at radius 1 is 1.37 bits per heavy atom. The van der Waals surface area contributed by atoms with E-state index in [1.54, 1.807) is 4.68 Å². The largest absolute Gasteiger partial charge is 0.338 e. The molecule has 0 aliphatic heterocycles. The first kappa shape index (κ1) is 12.1. The number of tetrazole rings is 1. The molecular weight excluding hydrogens is 240 g/mol. The van der Waals surface area contributed by atoms with Gasteiger partial charge in [0, 0.05) is 19.6 Å². The molecule has 2 N–H and O–H groups in total. The van der Waals surface area contributed by atoms with Gasteiger partial charge in [-0.3, -0.25) is 0 Å². The lowest BCUT2D eigenvalue weighted by atomic mass is 10.1. The molecule has 0 spiro atoms. The van der Waals surface area contributed by atoms with Gasteiger partial charge < -0.3 is 10.6 Å². The van der Waals surface area contributed by atoms with E-state index in [0.717, 1.165) is 11.6 Å². The van der Waals surface area contributed by atoms with Crippen molar-refractivity contribution in [3.63, 3.8) is 0 Å². The number of nitrogens with zero attached hydrogens (tertiary/aromatic N) is 5. The van der Waals surface area contributed by atoms with Crippen molar-refractivity contribution in [2.45, 2.75) is 18.9 Å². The molecule has 1 aliphatic carbocycles. The van der Waals surface area contributed by atoms with Crippen LogP contribution in [0.3, 0.4) is 0 Å². The van der Waals surface area contributed by atoms with Crippen LogP contribution in [0.2, 0.25) is 0 Å². The number of aromatic nitrogens is 4. The van der Waals surface area contributed by atoms with Crippen LogP contribution in [-0.4, -0.2) is 39.8 Å². The fourth-order valence-electron chi connectivity index (χ4n) is 2.43. The van der Waals surface area contributed by atoms with Gasteiger partial charge in [0.15, 0.2) is 0 Å². The summed E-state index contributed by atoms with van der Waals surface area (Å²) < 4.78 is 1.76. The molecule has 2 aromatic rings. The van der Waals surface area contributed by atoms with Crippen molar-refractivity contribution >= 4 is 5.95 Å². The number of para-hydroxylation sites is 1. The summed E-state index contributed by atoms with van der Waals surface area (Å²) in [6, 6.07) is 10.2. The molecular formula is C13H18N6. The second-order valence-electron chi connectivity index (χ2n) is 4.98. The summed E-state index contributed by atoms with van der Waals surface area (Å²) in [4.78, 5) is 2.10. The summed E-state index contributed by atoms with van der Waals surface area (Å²) in [5.74, 6) is 1.42. The molecule has 1 unspecified atom stereocenters. The molecule has 0 radical (unpaired) electrons. The van der Waals surface area contributed by atoms with Gasteiger partial charge in [-0.1, -0.05) is 23.3 Å². The van der Waals surface area contributed by atoms with Gasteiger partial charge in [0.25, 0.3) is 0 Å². The predicted molar refractivity (Wildman–Crippen MR) is 73.1 cm³/mol. The molecule has 1 heterocycles. The van der Waals surface area contributed by atoms with Crippen molar-refractivity contribution in [1.29, 1.82) is 0 Å². The Hall–Kier alpha value is -1.95. The molecule has 1 aromatic heterocycles. The van der Waals surface area contributed by atoms with E-state index < -0.39 is 0 Å². The van der Waals surface area contributed by atoms with Gasteiger partial charge in [0.2, 0.25) is 5.95 Å². The Bertz CT molecular complexity index is 533. The molecule has 1 fully saturated rings. The number of anilines is 1. The minimum atomic E-state index is 0.313. The number of nitrogens with two attached hydrogens (primary N) is 1. The van der Waals surface area contributed by atoms with Crippen molar-refractivity contribution in [1.82, 2.24) is 20.2 Å². The highest BCUT2D eigenvalue weighted by Gasteiger charge is 2.34. The predicted octanol–water partition coefficient (Wildman–Crippen LogP) is 0.836. The Balaban J connectivity index is 1.91. The highest BCUT2D eigenvalue weighted by molar-refractivity contribution is 5.41. The molecule has 100 valence electrons. The summed E-state index contributed by atoms with van der Waals surface area (Å²) in [7, 11) is 2.01. The zero-order valence-corrected chi connectivity index (χ0v) is 11.0. The molecule has 1 atom stereocenters. The Morgan fingerprint density at radius 3 is 2.74 bits per heavy atom. The van der Waals surface area contributed by atoms with E-state index in [-0.39, 0.29) is 0 Å². The highest BCUT2D eigenvalue weighted by atomic mass is 15.6. The number of benzene rings is 1. The van der Waals surface area contributed by atoms with Gasteiger partial charge in [-0.25, -0.2) is 0 Å². The maximum absolute atomic E-state index is 5.89. The van der Waals surface area contributed by atoms with Crippen molar-refractivity contribution in [3.05, 3.63) is 30.3 Å². The molecule has 6 nitrogen and oxygen atoms in total. The molecule has 1 aromatic carbocycles. The van der Waals surface area contributed by atoms with Crippen LogP contribution >= 0.6 is 0 Å². The second kappa shape index (κ2) is 4.97. The molecule has 3 rings (SSSR count). The summed E-state index contributed by atoms with van der Waals surface area (Å²) >= 11 is 0. The molecule has 1 aliphatic rings. The zero-order chi connectivity index (χ0) is 13.2. The van der Waals surface area contributed by atoms with Crippen LogP contribution in [0, 0.1) is 5.92 Å². The van der Waals surface area contributed by atoms with Gasteiger partial charge in [-0.05, 0) is 41.3 Å². The van der Waals surface area contributed by atoms with Crippen LogP contribution < -0.4 is 10.6 Å². The van der Waals surface area contributed by atoms with Crippen LogP contribution in [0.15, 0.2) is 30.3 Å². The van der Waals surface area contributed by atoms with E-state index >= 15 is 0 Å². The van der Waals surface area contributed by atoms with Crippen molar-refractivity contribution in [2.24, 2.45) is 11.7 Å². The van der Waals surface area contributed by atoms with Crippen molar-refractivity contribution < 1.29 is 0 Å². The Morgan fingerprint density at radius 2 is 2.11 bits per heavy atom. The summed E-state index contributed by atoms with van der Waals surface area (Å²) in [5.41, 5.74) is 6.85. The van der Waals surface area contributed by atoms with Crippen molar-refractivity contribution in [3.8, 4) is 5.69 Å². The Labute approximate surface area is 112 Å². The monoisotopic (exact) mass is 258 g/mol. The molecule has 19 heavy (non-hydrogen) atoms. The molecule has 0 amide bonds. The van der Waals surface area contributed by atoms with Gasteiger partial charge in [0.1, 0.15) is 0 Å². The van der Waals surface area contributed by atoms with E-state index in [2.05, 4.69) is 20.4 Å². The minimum Gasteiger partial charge on any atom is -0.338 e. The fourth-order valence-corrected chi connectivity index (χ4v) is 2.43. The third-order valence-corrected chi connectivity index (χ3v) is 3.67. The lowest BCUT2D eigenvalue weighted by Gasteiger charge is -2.27. The van der Waals surface area contributed by atoms with E-state index in [4.69, 9.17) is 5.73 Å².